The first-order chi connectivity index (χ1) is 21.0. The number of aryl methyl sites for hydroxylation is 2. The van der Waals surface area contributed by atoms with Gasteiger partial charge in [0.05, 0.1) is 5.56 Å². The van der Waals surface area contributed by atoms with Crippen LogP contribution in [0.3, 0.4) is 0 Å². The van der Waals surface area contributed by atoms with Crippen LogP contribution in [0.5, 0.6) is 11.5 Å². The van der Waals surface area contributed by atoms with E-state index in [9.17, 15) is 52.7 Å². The van der Waals surface area contributed by atoms with E-state index in [4.69, 9.17) is 16.2 Å². The smallest absolute Gasteiger partial charge is 0.420 e. The summed E-state index contributed by atoms with van der Waals surface area (Å²) in [5.41, 5.74) is 3.14. The fraction of sp³-hybridized carbons (Fsp3) is 0.226. The predicted octanol–water partition coefficient (Wildman–Crippen LogP) is 10.4. The molecule has 46 heavy (non-hydrogen) atoms. The molecule has 0 unspecified atom stereocenters. The van der Waals surface area contributed by atoms with E-state index in [2.05, 4.69) is 0 Å². The minimum atomic E-state index is -5.57. The lowest BCUT2D eigenvalue weighted by molar-refractivity contribution is -0.288. The maximum atomic E-state index is 13.7. The van der Waals surface area contributed by atoms with Crippen LogP contribution in [-0.2, 0) is 17.8 Å². The van der Waals surface area contributed by atoms with Crippen molar-refractivity contribution in [2.24, 2.45) is 0 Å². The van der Waals surface area contributed by atoms with Gasteiger partial charge < -0.3 is 16.2 Å². The van der Waals surface area contributed by atoms with Gasteiger partial charge in [0.25, 0.3) is 0 Å². The first-order valence-electron chi connectivity index (χ1n) is 12.9. The van der Waals surface area contributed by atoms with E-state index < -0.39 is 63.9 Å². The summed E-state index contributed by atoms with van der Waals surface area (Å²) in [4.78, 5) is 0. The zero-order valence-electron chi connectivity index (χ0n) is 23.7. The molecule has 0 saturated carbocycles. The molecule has 0 amide bonds. The van der Waals surface area contributed by atoms with Gasteiger partial charge in [-0.2, -0.15) is 52.7 Å². The molecule has 0 spiro atoms. The monoisotopic (exact) mass is 668 g/mol. The van der Waals surface area contributed by atoms with Crippen molar-refractivity contribution in [2.45, 2.75) is 44.0 Å². The lowest BCUT2D eigenvalue weighted by atomic mass is 9.72. The van der Waals surface area contributed by atoms with Crippen molar-refractivity contribution in [1.82, 2.24) is 0 Å². The third-order valence-corrected chi connectivity index (χ3v) is 6.65. The number of alkyl halides is 12. The van der Waals surface area contributed by atoms with Gasteiger partial charge in [0, 0.05) is 11.4 Å². The van der Waals surface area contributed by atoms with E-state index in [-0.39, 0.29) is 11.4 Å². The Labute approximate surface area is 254 Å². The molecule has 0 bridgehead atoms. The molecule has 4 aromatic rings. The van der Waals surface area contributed by atoms with Crippen LogP contribution >= 0.6 is 0 Å². The quantitative estimate of drug-likeness (QED) is 0.168. The van der Waals surface area contributed by atoms with E-state index in [0.29, 0.717) is 17.2 Å². The van der Waals surface area contributed by atoms with Crippen LogP contribution in [0.4, 0.5) is 64.1 Å². The standard InChI is InChI=1S/C16H13F6N.C15H11F6NO/c1-10-2-4-11(5-3-10)14(15(17,18)19,16(20,21)22)12-6-8-13(23)9-7-12;1-8-2-4-12(10(6-8)14(16,17)18)23-13-5-3-9(22)7-11(13)15(19,20)21/h2-9H,23H2,1H3;2-7H,22H2,1H3. The van der Waals surface area contributed by atoms with Crippen LogP contribution < -0.4 is 16.2 Å². The zero-order valence-corrected chi connectivity index (χ0v) is 23.7. The second kappa shape index (κ2) is 12.7. The minimum absolute atomic E-state index is 0.0795. The van der Waals surface area contributed by atoms with Gasteiger partial charge in [0.15, 0.2) is 0 Å². The van der Waals surface area contributed by atoms with Crippen molar-refractivity contribution in [1.29, 1.82) is 0 Å². The lowest BCUT2D eigenvalue weighted by Crippen LogP contribution is -2.54. The summed E-state index contributed by atoms with van der Waals surface area (Å²) < 4.78 is 165. The maximum absolute atomic E-state index is 13.7. The number of rotatable bonds is 4. The Morgan fingerprint density at radius 3 is 1.26 bits per heavy atom. The van der Waals surface area contributed by atoms with Gasteiger partial charge >= 0.3 is 24.7 Å². The molecule has 3 nitrogen and oxygen atoms in total. The Kier molecular flexibility index (Phi) is 9.90. The summed E-state index contributed by atoms with van der Waals surface area (Å²) in [6, 6.07) is 13.4. The molecule has 0 aromatic heterocycles. The number of hydrogen-bond acceptors (Lipinski definition) is 3. The molecular formula is C31H24F12N2O. The lowest BCUT2D eigenvalue weighted by Gasteiger charge is -2.38. The molecule has 248 valence electrons. The summed E-state index contributed by atoms with van der Waals surface area (Å²) in [6.07, 6.45) is -20.7. The molecule has 0 radical (unpaired) electrons. The van der Waals surface area contributed by atoms with Crippen molar-refractivity contribution >= 4 is 11.4 Å². The van der Waals surface area contributed by atoms with Crippen molar-refractivity contribution < 1.29 is 57.4 Å². The zero-order chi connectivity index (χ0) is 34.9. The molecule has 0 heterocycles. The van der Waals surface area contributed by atoms with Gasteiger partial charge in [-0.15, -0.1) is 0 Å². The summed E-state index contributed by atoms with van der Waals surface area (Å²) in [6.45, 7) is 3.01. The van der Waals surface area contributed by atoms with E-state index in [1.165, 1.54) is 25.1 Å². The van der Waals surface area contributed by atoms with Crippen molar-refractivity contribution in [2.75, 3.05) is 11.5 Å². The van der Waals surface area contributed by atoms with E-state index >= 15 is 0 Å². The Morgan fingerprint density at radius 1 is 0.457 bits per heavy atom. The Balaban J connectivity index is 0.000000250. The fourth-order valence-corrected chi connectivity index (χ4v) is 4.45. The van der Waals surface area contributed by atoms with Crippen molar-refractivity contribution in [3.63, 3.8) is 0 Å². The molecule has 0 aliphatic heterocycles. The third-order valence-electron chi connectivity index (χ3n) is 6.65. The Bertz CT molecular complexity index is 1510. The van der Waals surface area contributed by atoms with Crippen molar-refractivity contribution in [3.05, 3.63) is 118 Å². The molecule has 15 heteroatoms. The molecule has 0 aliphatic carbocycles. The summed E-state index contributed by atoms with van der Waals surface area (Å²) in [5, 5.41) is 0. The van der Waals surface area contributed by atoms with Gasteiger partial charge in [-0.1, -0.05) is 53.6 Å². The van der Waals surface area contributed by atoms with E-state index in [0.717, 1.165) is 60.7 Å². The highest BCUT2D eigenvalue weighted by Gasteiger charge is 2.72. The molecule has 0 fully saturated rings. The van der Waals surface area contributed by atoms with Crippen LogP contribution in [0.25, 0.3) is 0 Å². The second-order valence-electron chi connectivity index (χ2n) is 10.1. The third kappa shape index (κ3) is 7.62. The summed E-state index contributed by atoms with van der Waals surface area (Å²) in [5.74, 6) is -1.46. The predicted molar refractivity (Wildman–Crippen MR) is 147 cm³/mol. The number of hydrogen-bond donors (Lipinski definition) is 2. The second-order valence-corrected chi connectivity index (χ2v) is 10.1. The normalized spacial score (nSPS) is 12.7. The van der Waals surface area contributed by atoms with Crippen LogP contribution in [-0.4, -0.2) is 12.4 Å². The Morgan fingerprint density at radius 2 is 0.826 bits per heavy atom. The minimum Gasteiger partial charge on any atom is -0.456 e. The molecule has 0 aliphatic rings. The van der Waals surface area contributed by atoms with Crippen LogP contribution in [0, 0.1) is 13.8 Å². The van der Waals surface area contributed by atoms with Crippen LogP contribution in [0.1, 0.15) is 33.4 Å². The fourth-order valence-electron chi connectivity index (χ4n) is 4.45. The average Bonchev–Trinajstić information content (AvgIpc) is 2.91. The molecular weight excluding hydrogens is 644 g/mol. The highest BCUT2D eigenvalue weighted by molar-refractivity contribution is 5.52. The van der Waals surface area contributed by atoms with Crippen LogP contribution in [0.15, 0.2) is 84.9 Å². The van der Waals surface area contributed by atoms with Gasteiger partial charge in [0.1, 0.15) is 17.1 Å². The van der Waals surface area contributed by atoms with Gasteiger partial charge in [-0.3, -0.25) is 0 Å². The van der Waals surface area contributed by atoms with E-state index in [1.807, 2.05) is 0 Å². The van der Waals surface area contributed by atoms with Crippen LogP contribution in [0.2, 0.25) is 0 Å². The maximum Gasteiger partial charge on any atom is 0.420 e. The van der Waals surface area contributed by atoms with Gasteiger partial charge in [-0.25, -0.2) is 0 Å². The number of nitrogens with two attached hydrogens (primary N) is 2. The van der Waals surface area contributed by atoms with E-state index in [1.54, 1.807) is 6.92 Å². The molecule has 0 saturated heterocycles. The first kappa shape index (κ1) is 35.9. The SMILES string of the molecule is Cc1ccc(C(c2ccc(N)cc2)(C(F)(F)F)C(F)(F)F)cc1.Cc1ccc(Oc2ccc(N)cc2C(F)(F)F)c(C(F)(F)F)c1. The number of halogens is 12. The first-order valence-corrected chi connectivity index (χ1v) is 12.9. The number of nitrogen functional groups attached to an aromatic ring is 2. The average molecular weight is 669 g/mol. The van der Waals surface area contributed by atoms with Gasteiger partial charge in [-0.05, 0) is 67.4 Å². The molecule has 0 atom stereocenters. The number of ether oxygens (including phenoxy) is 1. The number of benzene rings is 4. The van der Waals surface area contributed by atoms with Gasteiger partial charge in [0.2, 0.25) is 5.41 Å². The number of anilines is 2. The van der Waals surface area contributed by atoms with Crippen molar-refractivity contribution in [3.8, 4) is 11.5 Å². The molecule has 4 N–H and O–H groups in total. The largest absolute Gasteiger partial charge is 0.456 e. The molecule has 4 aromatic carbocycles. The highest BCUT2D eigenvalue weighted by Crippen LogP contribution is 2.56. The Hall–Kier alpha value is -4.56. The highest BCUT2D eigenvalue weighted by atomic mass is 19.4. The summed E-state index contributed by atoms with van der Waals surface area (Å²) >= 11 is 0. The topological polar surface area (TPSA) is 61.3 Å². The summed E-state index contributed by atoms with van der Waals surface area (Å²) in [7, 11) is 0. The molecule has 4 rings (SSSR count).